The Hall–Kier alpha value is -0.930. The molecule has 0 fully saturated rings. The molecular weight excluding hydrogens is 356 g/mol. The van der Waals surface area contributed by atoms with Crippen LogP contribution in [0.4, 0.5) is 0 Å². The molecule has 0 heterocycles. The Bertz CT molecular complexity index is 574. The van der Waals surface area contributed by atoms with Gasteiger partial charge in [0.05, 0.1) is 0 Å². The maximum Gasteiger partial charge on any atom is 0.194 e. The second-order valence-electron chi connectivity index (χ2n) is 4.00. The van der Waals surface area contributed by atoms with Gasteiger partial charge in [0.25, 0.3) is 0 Å². The molecule has 0 unspecified atom stereocenters. The van der Waals surface area contributed by atoms with Crippen LogP contribution in [0.1, 0.15) is 28.4 Å². The molecule has 0 amide bonds. The van der Waals surface area contributed by atoms with E-state index in [2.05, 4.69) is 38.8 Å². The molecule has 0 bridgehead atoms. The van der Waals surface area contributed by atoms with Gasteiger partial charge in [-0.2, -0.15) is 0 Å². The molecule has 0 radical (unpaired) electrons. The molecule has 0 aromatic heterocycles. The molecule has 0 aliphatic carbocycles. The summed E-state index contributed by atoms with van der Waals surface area (Å²) in [5, 5.41) is 0. The lowest BCUT2D eigenvalue weighted by Gasteiger charge is -2.05. The van der Waals surface area contributed by atoms with Crippen molar-refractivity contribution in [1.82, 2.24) is 0 Å². The van der Waals surface area contributed by atoms with Gasteiger partial charge in [-0.25, -0.2) is 0 Å². The van der Waals surface area contributed by atoms with Gasteiger partial charge in [-0.15, -0.1) is 0 Å². The second kappa shape index (κ2) is 5.81. The smallest absolute Gasteiger partial charge is 0.194 e. The standard InChI is InChI=1S/C15H12Br2O/c1-2-10-3-5-11(6-4-10)15(18)13-9-12(16)7-8-14(13)17/h3-9H,2H2,1H3. The van der Waals surface area contributed by atoms with Crippen molar-refractivity contribution in [3.63, 3.8) is 0 Å². The molecular formula is C15H12Br2O. The molecule has 18 heavy (non-hydrogen) atoms. The molecule has 2 aromatic carbocycles. The molecule has 92 valence electrons. The number of rotatable bonds is 3. The first-order valence-electron chi connectivity index (χ1n) is 5.70. The molecule has 0 saturated carbocycles. The fourth-order valence-electron chi connectivity index (χ4n) is 1.72. The molecule has 2 rings (SSSR count). The summed E-state index contributed by atoms with van der Waals surface area (Å²) in [6.45, 7) is 2.10. The zero-order valence-electron chi connectivity index (χ0n) is 9.91. The Morgan fingerprint density at radius 2 is 1.72 bits per heavy atom. The number of ketones is 1. The van der Waals surface area contributed by atoms with E-state index in [0.29, 0.717) is 11.1 Å². The fourth-order valence-corrected chi connectivity index (χ4v) is 2.51. The van der Waals surface area contributed by atoms with Gasteiger partial charge in [0, 0.05) is 20.1 Å². The summed E-state index contributed by atoms with van der Waals surface area (Å²) >= 11 is 6.80. The summed E-state index contributed by atoms with van der Waals surface area (Å²) in [6.07, 6.45) is 0.981. The van der Waals surface area contributed by atoms with Crippen molar-refractivity contribution in [3.8, 4) is 0 Å². The van der Waals surface area contributed by atoms with E-state index in [-0.39, 0.29) is 5.78 Å². The third-order valence-corrected chi connectivity index (χ3v) is 3.98. The van der Waals surface area contributed by atoms with Crippen molar-refractivity contribution in [1.29, 1.82) is 0 Å². The maximum atomic E-state index is 12.4. The van der Waals surface area contributed by atoms with Crippen LogP contribution in [-0.4, -0.2) is 5.78 Å². The Morgan fingerprint density at radius 3 is 2.33 bits per heavy atom. The normalized spacial score (nSPS) is 10.4. The van der Waals surface area contributed by atoms with Crippen molar-refractivity contribution >= 4 is 37.6 Å². The predicted molar refractivity (Wildman–Crippen MR) is 81.1 cm³/mol. The summed E-state index contributed by atoms with van der Waals surface area (Å²) in [7, 11) is 0. The second-order valence-corrected chi connectivity index (χ2v) is 5.77. The zero-order chi connectivity index (χ0) is 13.1. The number of hydrogen-bond acceptors (Lipinski definition) is 1. The zero-order valence-corrected chi connectivity index (χ0v) is 13.1. The molecule has 1 nitrogen and oxygen atoms in total. The summed E-state index contributed by atoms with van der Waals surface area (Å²) < 4.78 is 1.72. The van der Waals surface area contributed by atoms with Gasteiger partial charge in [0.15, 0.2) is 5.78 Å². The minimum atomic E-state index is 0.0332. The first-order valence-corrected chi connectivity index (χ1v) is 7.29. The van der Waals surface area contributed by atoms with Crippen LogP contribution in [-0.2, 0) is 6.42 Å². The van der Waals surface area contributed by atoms with Gasteiger partial charge < -0.3 is 0 Å². The van der Waals surface area contributed by atoms with E-state index in [4.69, 9.17) is 0 Å². The highest BCUT2D eigenvalue weighted by Gasteiger charge is 2.12. The molecule has 0 atom stereocenters. The average molecular weight is 368 g/mol. The molecule has 3 heteroatoms. The van der Waals surface area contributed by atoms with E-state index < -0.39 is 0 Å². The molecule has 0 spiro atoms. The number of hydrogen-bond donors (Lipinski definition) is 0. The Labute approximate surface area is 123 Å². The van der Waals surface area contributed by atoms with Gasteiger partial charge in [-0.3, -0.25) is 4.79 Å². The van der Waals surface area contributed by atoms with Crippen LogP contribution in [0.15, 0.2) is 51.4 Å². The van der Waals surface area contributed by atoms with Gasteiger partial charge >= 0.3 is 0 Å². The minimum Gasteiger partial charge on any atom is -0.289 e. The number of benzene rings is 2. The summed E-state index contributed by atoms with van der Waals surface area (Å²) in [6, 6.07) is 13.4. The third kappa shape index (κ3) is 2.90. The highest BCUT2D eigenvalue weighted by Crippen LogP contribution is 2.24. The van der Waals surface area contributed by atoms with Gasteiger partial charge in [-0.1, -0.05) is 63.0 Å². The number of halogens is 2. The lowest BCUT2D eigenvalue weighted by atomic mass is 10.0. The summed E-state index contributed by atoms with van der Waals surface area (Å²) in [5.74, 6) is 0.0332. The van der Waals surface area contributed by atoms with Gasteiger partial charge in [-0.05, 0) is 30.2 Å². The van der Waals surface area contributed by atoms with Crippen molar-refractivity contribution in [2.75, 3.05) is 0 Å². The first-order chi connectivity index (χ1) is 8.61. The number of carbonyl (C=O) groups excluding carboxylic acids is 1. The van der Waals surface area contributed by atoms with Gasteiger partial charge in [0.2, 0.25) is 0 Å². The van der Waals surface area contributed by atoms with Crippen LogP contribution in [0.2, 0.25) is 0 Å². The topological polar surface area (TPSA) is 17.1 Å². The largest absolute Gasteiger partial charge is 0.289 e. The minimum absolute atomic E-state index is 0.0332. The third-order valence-electron chi connectivity index (χ3n) is 2.80. The van der Waals surface area contributed by atoms with Crippen molar-refractivity contribution in [3.05, 3.63) is 68.1 Å². The van der Waals surface area contributed by atoms with E-state index in [9.17, 15) is 4.79 Å². The number of carbonyl (C=O) groups is 1. The lowest BCUT2D eigenvalue weighted by molar-refractivity contribution is 0.103. The van der Waals surface area contributed by atoms with E-state index in [1.54, 1.807) is 0 Å². The van der Waals surface area contributed by atoms with Gasteiger partial charge in [0.1, 0.15) is 0 Å². The maximum absolute atomic E-state index is 12.4. The van der Waals surface area contributed by atoms with E-state index in [1.165, 1.54) is 5.56 Å². The van der Waals surface area contributed by atoms with E-state index in [1.807, 2.05) is 42.5 Å². The van der Waals surface area contributed by atoms with Crippen molar-refractivity contribution in [2.24, 2.45) is 0 Å². The Balaban J connectivity index is 2.38. The molecule has 0 N–H and O–H groups in total. The fraction of sp³-hybridized carbons (Fsp3) is 0.133. The number of aryl methyl sites for hydroxylation is 1. The monoisotopic (exact) mass is 366 g/mol. The molecule has 2 aromatic rings. The average Bonchev–Trinajstić information content (AvgIpc) is 2.41. The van der Waals surface area contributed by atoms with Crippen molar-refractivity contribution < 1.29 is 4.79 Å². The highest BCUT2D eigenvalue weighted by atomic mass is 79.9. The first kappa shape index (κ1) is 13.5. The van der Waals surface area contributed by atoms with Crippen LogP contribution >= 0.6 is 31.9 Å². The van der Waals surface area contributed by atoms with Crippen LogP contribution in [0, 0.1) is 0 Å². The Morgan fingerprint density at radius 1 is 1.06 bits per heavy atom. The molecule has 0 saturated heterocycles. The SMILES string of the molecule is CCc1ccc(C(=O)c2cc(Br)ccc2Br)cc1. The summed E-state index contributed by atoms with van der Waals surface area (Å²) in [5.41, 5.74) is 2.62. The van der Waals surface area contributed by atoms with Crippen LogP contribution in [0.5, 0.6) is 0 Å². The Kier molecular flexibility index (Phi) is 4.36. The summed E-state index contributed by atoms with van der Waals surface area (Å²) in [4.78, 5) is 12.4. The predicted octanol–water partition coefficient (Wildman–Crippen LogP) is 5.01. The highest BCUT2D eigenvalue weighted by molar-refractivity contribution is 9.11. The van der Waals surface area contributed by atoms with Crippen LogP contribution in [0.3, 0.4) is 0 Å². The van der Waals surface area contributed by atoms with Crippen molar-refractivity contribution in [2.45, 2.75) is 13.3 Å². The molecule has 0 aliphatic rings. The lowest BCUT2D eigenvalue weighted by Crippen LogP contribution is -2.02. The van der Waals surface area contributed by atoms with Crippen LogP contribution < -0.4 is 0 Å². The quantitative estimate of drug-likeness (QED) is 0.697. The van der Waals surface area contributed by atoms with Crippen LogP contribution in [0.25, 0.3) is 0 Å². The molecule has 0 aliphatic heterocycles. The van der Waals surface area contributed by atoms with E-state index >= 15 is 0 Å². The van der Waals surface area contributed by atoms with E-state index in [0.717, 1.165) is 15.4 Å².